The lowest BCUT2D eigenvalue weighted by molar-refractivity contribution is 0.0753. The van der Waals surface area contributed by atoms with E-state index in [9.17, 15) is 5.11 Å². The van der Waals surface area contributed by atoms with Crippen LogP contribution in [-0.2, 0) is 12.8 Å². The molecule has 1 aromatic heterocycles. The lowest BCUT2D eigenvalue weighted by Gasteiger charge is -2.21. The Morgan fingerprint density at radius 3 is 3.00 bits per heavy atom. The van der Waals surface area contributed by atoms with Gasteiger partial charge in [0.2, 0.25) is 0 Å². The van der Waals surface area contributed by atoms with Gasteiger partial charge in [-0.1, -0.05) is 29.8 Å². The van der Waals surface area contributed by atoms with Crippen molar-refractivity contribution in [3.05, 3.63) is 46.5 Å². The van der Waals surface area contributed by atoms with Crippen molar-refractivity contribution in [3.63, 3.8) is 0 Å². The maximum atomic E-state index is 10.0. The van der Waals surface area contributed by atoms with Crippen molar-refractivity contribution < 1.29 is 5.11 Å². The van der Waals surface area contributed by atoms with Gasteiger partial charge in [0.05, 0.1) is 0 Å². The first-order valence-corrected chi connectivity index (χ1v) is 6.47. The molecule has 0 bridgehead atoms. The van der Waals surface area contributed by atoms with Crippen LogP contribution >= 0.6 is 11.6 Å². The van der Waals surface area contributed by atoms with Crippen LogP contribution in [0.2, 0.25) is 5.02 Å². The number of aliphatic hydroxyl groups is 1. The van der Waals surface area contributed by atoms with E-state index < -0.39 is 6.23 Å². The molecule has 4 nitrogen and oxygen atoms in total. The van der Waals surface area contributed by atoms with Crippen LogP contribution in [0.4, 0.5) is 0 Å². The molecule has 5 heteroatoms. The summed E-state index contributed by atoms with van der Waals surface area (Å²) in [5, 5.41) is 19.1. The van der Waals surface area contributed by atoms with Crippen molar-refractivity contribution >= 4 is 11.6 Å². The number of aryl methyl sites for hydroxylation is 1. The van der Waals surface area contributed by atoms with E-state index in [0.29, 0.717) is 6.42 Å². The molecule has 1 aromatic carbocycles. The van der Waals surface area contributed by atoms with Crippen LogP contribution in [0.3, 0.4) is 0 Å². The van der Waals surface area contributed by atoms with E-state index in [1.165, 1.54) is 0 Å². The Kier molecular flexibility index (Phi) is 3.06. The van der Waals surface area contributed by atoms with Gasteiger partial charge in [0, 0.05) is 17.9 Å². The molecule has 0 radical (unpaired) electrons. The van der Waals surface area contributed by atoms with Crippen molar-refractivity contribution in [3.8, 4) is 0 Å². The molecule has 0 aliphatic carbocycles. The van der Waals surface area contributed by atoms with E-state index in [-0.39, 0.29) is 0 Å². The highest BCUT2D eigenvalue weighted by atomic mass is 35.5. The van der Waals surface area contributed by atoms with E-state index in [4.69, 9.17) is 11.6 Å². The summed E-state index contributed by atoms with van der Waals surface area (Å²) in [5.41, 5.74) is 1.01. The zero-order chi connectivity index (χ0) is 12.5. The maximum absolute atomic E-state index is 10.0. The molecule has 1 unspecified atom stereocenters. The quantitative estimate of drug-likeness (QED) is 0.905. The number of hydrogen-bond donors (Lipinski definition) is 1. The fourth-order valence-corrected chi connectivity index (χ4v) is 2.58. The molecule has 0 amide bonds. The van der Waals surface area contributed by atoms with Gasteiger partial charge >= 0.3 is 0 Å². The third kappa shape index (κ3) is 2.02. The Bertz CT molecular complexity index is 567. The largest absolute Gasteiger partial charge is 0.373 e. The van der Waals surface area contributed by atoms with Gasteiger partial charge in [-0.15, -0.1) is 10.2 Å². The number of halogens is 1. The topological polar surface area (TPSA) is 50.9 Å². The molecule has 1 atom stereocenters. The van der Waals surface area contributed by atoms with Gasteiger partial charge in [-0.05, 0) is 24.5 Å². The third-order valence-electron chi connectivity index (χ3n) is 3.30. The van der Waals surface area contributed by atoms with Gasteiger partial charge in [0.15, 0.2) is 0 Å². The lowest BCUT2D eigenvalue weighted by Crippen LogP contribution is -2.19. The predicted octanol–water partition coefficient (Wildman–Crippen LogP) is 2.35. The number of benzene rings is 1. The van der Waals surface area contributed by atoms with E-state index in [1.807, 2.05) is 28.8 Å². The van der Waals surface area contributed by atoms with Crippen molar-refractivity contribution in [1.82, 2.24) is 14.8 Å². The first kappa shape index (κ1) is 11.7. The fourth-order valence-electron chi connectivity index (χ4n) is 2.38. The first-order valence-electron chi connectivity index (χ1n) is 6.10. The molecule has 18 heavy (non-hydrogen) atoms. The average Bonchev–Trinajstić information content (AvgIpc) is 2.77. The summed E-state index contributed by atoms with van der Waals surface area (Å²) in [6.07, 6.45) is 2.71. The Morgan fingerprint density at radius 2 is 2.17 bits per heavy atom. The smallest absolute Gasteiger partial charge is 0.139 e. The highest BCUT2D eigenvalue weighted by molar-refractivity contribution is 6.31. The van der Waals surface area contributed by atoms with Crippen molar-refractivity contribution in [2.24, 2.45) is 0 Å². The minimum absolute atomic E-state index is 0.499. The number of rotatable bonds is 2. The lowest BCUT2D eigenvalue weighted by atomic mass is 10.1. The molecular weight excluding hydrogens is 250 g/mol. The average molecular weight is 264 g/mol. The Balaban J connectivity index is 1.95. The van der Waals surface area contributed by atoms with Crippen molar-refractivity contribution in [2.75, 3.05) is 0 Å². The molecule has 0 saturated carbocycles. The second-order valence-corrected chi connectivity index (χ2v) is 4.95. The van der Waals surface area contributed by atoms with Gasteiger partial charge in [-0.25, -0.2) is 0 Å². The standard InChI is InChI=1S/C13H14ClN3O/c14-10-5-2-1-4-9(10)8-12-16-15-11-6-3-7-13(18)17(11)12/h1-2,4-5,13,18H,3,6-8H2. The zero-order valence-corrected chi connectivity index (χ0v) is 10.6. The van der Waals surface area contributed by atoms with E-state index in [1.54, 1.807) is 0 Å². The summed E-state index contributed by atoms with van der Waals surface area (Å²) in [7, 11) is 0. The van der Waals surface area contributed by atoms with Crippen LogP contribution in [0.1, 0.15) is 36.3 Å². The molecule has 0 saturated heterocycles. The van der Waals surface area contributed by atoms with Gasteiger partial charge in [0.25, 0.3) is 0 Å². The molecule has 1 aliphatic heterocycles. The van der Waals surface area contributed by atoms with Crippen LogP contribution in [0, 0.1) is 0 Å². The molecule has 94 valence electrons. The highest BCUT2D eigenvalue weighted by Crippen LogP contribution is 2.25. The van der Waals surface area contributed by atoms with Gasteiger partial charge < -0.3 is 5.11 Å². The summed E-state index contributed by atoms with van der Waals surface area (Å²) in [6, 6.07) is 7.69. The van der Waals surface area contributed by atoms with Crippen molar-refractivity contribution in [1.29, 1.82) is 0 Å². The second-order valence-electron chi connectivity index (χ2n) is 4.54. The number of fused-ring (bicyclic) bond motifs is 1. The fraction of sp³-hybridized carbons (Fsp3) is 0.385. The SMILES string of the molecule is OC1CCCc2nnc(Cc3ccccc3Cl)n21. The molecule has 3 rings (SSSR count). The monoisotopic (exact) mass is 263 g/mol. The number of nitrogens with zero attached hydrogens (tertiary/aromatic N) is 3. The highest BCUT2D eigenvalue weighted by Gasteiger charge is 2.22. The summed E-state index contributed by atoms with van der Waals surface area (Å²) in [6.45, 7) is 0. The summed E-state index contributed by atoms with van der Waals surface area (Å²) in [5.74, 6) is 1.65. The minimum Gasteiger partial charge on any atom is -0.373 e. The zero-order valence-electron chi connectivity index (χ0n) is 9.88. The normalized spacial score (nSPS) is 18.7. The molecular formula is C13H14ClN3O. The van der Waals surface area contributed by atoms with Crippen LogP contribution in [0.15, 0.2) is 24.3 Å². The molecule has 2 aromatic rings. The van der Waals surface area contributed by atoms with Crippen LogP contribution < -0.4 is 0 Å². The van der Waals surface area contributed by atoms with Crippen LogP contribution in [0.25, 0.3) is 0 Å². The molecule has 1 N–H and O–H groups in total. The van der Waals surface area contributed by atoms with E-state index >= 15 is 0 Å². The Hall–Kier alpha value is -1.39. The molecule has 1 aliphatic rings. The number of aliphatic hydroxyl groups excluding tert-OH is 1. The van der Waals surface area contributed by atoms with Crippen molar-refractivity contribution in [2.45, 2.75) is 31.9 Å². The number of aromatic nitrogens is 3. The molecule has 0 spiro atoms. The van der Waals surface area contributed by atoms with E-state index in [2.05, 4.69) is 10.2 Å². The van der Waals surface area contributed by atoms with Gasteiger partial charge in [-0.2, -0.15) is 0 Å². The summed E-state index contributed by atoms with van der Waals surface area (Å²) in [4.78, 5) is 0. The molecule has 0 fully saturated rings. The Morgan fingerprint density at radius 1 is 1.33 bits per heavy atom. The number of hydrogen-bond acceptors (Lipinski definition) is 3. The summed E-state index contributed by atoms with van der Waals surface area (Å²) < 4.78 is 1.84. The van der Waals surface area contributed by atoms with Crippen LogP contribution in [-0.4, -0.2) is 19.9 Å². The minimum atomic E-state index is -0.499. The predicted molar refractivity (Wildman–Crippen MR) is 68.5 cm³/mol. The Labute approximate surface area is 110 Å². The van der Waals surface area contributed by atoms with Crippen LogP contribution in [0.5, 0.6) is 0 Å². The summed E-state index contributed by atoms with van der Waals surface area (Å²) >= 11 is 6.14. The van der Waals surface area contributed by atoms with Gasteiger partial charge in [0.1, 0.15) is 17.9 Å². The molecule has 2 heterocycles. The van der Waals surface area contributed by atoms with Gasteiger partial charge in [-0.3, -0.25) is 4.57 Å². The second kappa shape index (κ2) is 4.71. The maximum Gasteiger partial charge on any atom is 0.139 e. The van der Waals surface area contributed by atoms with E-state index in [0.717, 1.165) is 41.5 Å². The third-order valence-corrected chi connectivity index (χ3v) is 3.67. The first-order chi connectivity index (χ1) is 8.75.